The molecule has 2 N–H and O–H groups in total. The van der Waals surface area contributed by atoms with Crippen LogP contribution in [0.25, 0.3) is 0 Å². The summed E-state index contributed by atoms with van der Waals surface area (Å²) in [5, 5.41) is 16.1. The number of aliphatic hydroxyl groups excluding tert-OH is 1. The van der Waals surface area contributed by atoms with Crippen molar-refractivity contribution in [2.75, 3.05) is 93.2 Å². The van der Waals surface area contributed by atoms with E-state index in [1.54, 1.807) is 35.3 Å². The lowest BCUT2D eigenvalue weighted by molar-refractivity contribution is -0.210. The Bertz CT molecular complexity index is 561. The molecular formula is C20H39N3O7S8. The van der Waals surface area contributed by atoms with Crippen molar-refractivity contribution in [1.82, 2.24) is 5.32 Å². The molecule has 0 saturated heterocycles. The van der Waals surface area contributed by atoms with E-state index < -0.39 is 0 Å². The molecule has 0 heterocycles. The summed E-state index contributed by atoms with van der Waals surface area (Å²) >= 11 is 13.8. The number of hydrogen-bond acceptors (Lipinski definition) is 17. The van der Waals surface area contributed by atoms with Crippen LogP contribution >= 0.6 is 94.1 Å². The molecule has 0 saturated carbocycles. The molecule has 0 aliphatic carbocycles. The lowest BCUT2D eigenvalue weighted by Crippen LogP contribution is -2.27. The van der Waals surface area contributed by atoms with E-state index in [-0.39, 0.29) is 12.0 Å². The van der Waals surface area contributed by atoms with Gasteiger partial charge >= 0.3 is 6.09 Å². The van der Waals surface area contributed by atoms with E-state index in [1.807, 2.05) is 42.2 Å². The van der Waals surface area contributed by atoms with Crippen molar-refractivity contribution < 1.29 is 34.2 Å². The molecule has 0 aliphatic rings. The van der Waals surface area contributed by atoms with E-state index in [9.17, 15) is 4.79 Å². The van der Waals surface area contributed by atoms with Gasteiger partial charge < -0.3 is 24.9 Å². The smallest absolute Gasteiger partial charge is 0.407 e. The number of nitrogens with one attached hydrogen (secondary N) is 1. The molecule has 18 heteroatoms. The molecule has 0 fully saturated rings. The lowest BCUT2D eigenvalue weighted by atomic mass is 10.7. The Balaban J connectivity index is 3.20. The van der Waals surface area contributed by atoms with Crippen molar-refractivity contribution in [2.24, 2.45) is 9.98 Å². The van der Waals surface area contributed by atoms with E-state index in [1.165, 1.54) is 36.3 Å². The number of ether oxygens (including phenoxy) is 1. The van der Waals surface area contributed by atoms with Crippen molar-refractivity contribution in [1.29, 1.82) is 0 Å². The highest BCUT2D eigenvalue weighted by Gasteiger charge is 2.01. The van der Waals surface area contributed by atoms with Gasteiger partial charge in [0.15, 0.2) is 0 Å². The van der Waals surface area contributed by atoms with Crippen LogP contribution in [0.4, 0.5) is 4.79 Å². The van der Waals surface area contributed by atoms with E-state index in [2.05, 4.69) is 15.3 Å². The average Bonchev–Trinajstić information content (AvgIpc) is 2.92. The fraction of sp³-hybridized carbons (Fsp3) is 0.850. The molecule has 38 heavy (non-hydrogen) atoms. The summed E-state index contributed by atoms with van der Waals surface area (Å²) in [6.45, 7) is 4.85. The van der Waals surface area contributed by atoms with Gasteiger partial charge in [-0.3, -0.25) is 9.98 Å². The predicted octanol–water partition coefficient (Wildman–Crippen LogP) is 5.25. The number of rotatable bonds is 30. The van der Waals surface area contributed by atoms with Crippen LogP contribution in [0.3, 0.4) is 0 Å². The Morgan fingerprint density at radius 1 is 0.763 bits per heavy atom. The molecular weight excluding hydrogens is 651 g/mol. The van der Waals surface area contributed by atoms with Crippen LogP contribution in [-0.2, 0) is 24.3 Å². The van der Waals surface area contributed by atoms with E-state index in [4.69, 9.17) is 29.4 Å². The first-order valence-electron chi connectivity index (χ1n) is 11.5. The topological polar surface area (TPSA) is 120 Å². The van der Waals surface area contributed by atoms with Crippen LogP contribution in [-0.4, -0.2) is 117 Å². The monoisotopic (exact) mass is 689 g/mol. The number of aliphatic hydroxyl groups is 1. The van der Waals surface area contributed by atoms with E-state index in [0.29, 0.717) is 38.8 Å². The molecule has 0 unspecified atom stereocenters. The maximum Gasteiger partial charge on any atom is 0.407 e. The summed E-state index contributed by atoms with van der Waals surface area (Å²) in [4.78, 5) is 39.1. The summed E-state index contributed by atoms with van der Waals surface area (Å²) in [6, 6.07) is 0. The summed E-state index contributed by atoms with van der Waals surface area (Å²) < 4.78 is 5.19. The van der Waals surface area contributed by atoms with Crippen molar-refractivity contribution in [3.63, 3.8) is 0 Å². The standard InChI is InChI=1S/C20H39N3O7S8/c1-2-21-11-28-27-6-10-34-18-38-17-33-9-5-26-20(25)23-4-8-32-16-37-15-31-7-3-22-12-29-30-14-36-19-35-13-24/h11-12,24H,2-10,13-19H2,1H3,(H,23,25)/b21-11-,22-12+. The molecule has 0 rings (SSSR count). The minimum absolute atomic E-state index is 0.115. The van der Waals surface area contributed by atoms with Gasteiger partial charge in [0.05, 0.1) is 12.5 Å². The summed E-state index contributed by atoms with van der Waals surface area (Å²) in [5.41, 5.74) is 0. The third-order valence-electron chi connectivity index (χ3n) is 3.26. The highest BCUT2D eigenvalue weighted by Crippen LogP contribution is 2.18. The first-order chi connectivity index (χ1) is 18.8. The lowest BCUT2D eigenvalue weighted by Gasteiger charge is -2.07. The van der Waals surface area contributed by atoms with Gasteiger partial charge in [-0.25, -0.2) is 4.79 Å². The van der Waals surface area contributed by atoms with Gasteiger partial charge in [-0.05, 0) is 6.92 Å². The quantitative estimate of drug-likeness (QED) is 0.0255. The van der Waals surface area contributed by atoms with E-state index >= 15 is 0 Å². The molecule has 0 aromatic heterocycles. The first-order valence-corrected chi connectivity index (χ1v) is 20.7. The van der Waals surface area contributed by atoms with Crippen molar-refractivity contribution in [3.8, 4) is 0 Å². The van der Waals surface area contributed by atoms with Gasteiger partial charge in [0.25, 0.3) is 0 Å². The number of carbonyl (C=O) groups is 1. The average molecular weight is 690 g/mol. The number of nitrogens with zero attached hydrogens (tertiary/aromatic N) is 2. The zero-order chi connectivity index (χ0) is 27.6. The van der Waals surface area contributed by atoms with Crippen LogP contribution in [0.5, 0.6) is 0 Å². The van der Waals surface area contributed by atoms with Gasteiger partial charge in [-0.15, -0.1) is 94.1 Å². The molecule has 0 atom stereocenters. The van der Waals surface area contributed by atoms with Crippen molar-refractivity contribution in [2.45, 2.75) is 6.92 Å². The fourth-order valence-corrected chi connectivity index (χ4v) is 9.28. The summed E-state index contributed by atoms with van der Waals surface area (Å²) in [6.07, 6.45) is 2.29. The number of aliphatic imine (C=N–C) groups is 2. The molecule has 10 nitrogen and oxygen atoms in total. The SMILES string of the molecule is CC/N=C\OOCCSCSCSCCOC(=O)NCCSCSCSCC/N=C/OOCSCSCO. The van der Waals surface area contributed by atoms with Crippen LogP contribution in [0.2, 0.25) is 0 Å². The minimum atomic E-state index is -0.349. The Hall–Kier alpha value is 0.890. The van der Waals surface area contributed by atoms with E-state index in [0.717, 1.165) is 48.4 Å². The zero-order valence-electron chi connectivity index (χ0n) is 21.5. The normalized spacial score (nSPS) is 11.4. The first kappa shape index (κ1) is 38.9. The van der Waals surface area contributed by atoms with Gasteiger partial charge in [-0.1, -0.05) is 0 Å². The van der Waals surface area contributed by atoms with Crippen molar-refractivity contribution in [3.05, 3.63) is 0 Å². The van der Waals surface area contributed by atoms with Crippen LogP contribution in [0.1, 0.15) is 6.92 Å². The second-order valence-electron chi connectivity index (χ2n) is 6.10. The zero-order valence-corrected chi connectivity index (χ0v) is 28.1. The molecule has 0 aliphatic heterocycles. The van der Waals surface area contributed by atoms with Gasteiger partial charge in [-0.2, -0.15) is 9.78 Å². The Morgan fingerprint density at radius 2 is 1.39 bits per heavy atom. The number of alkyl carbamates (subject to hydrolysis) is 1. The fourth-order valence-electron chi connectivity index (χ4n) is 1.71. The molecule has 0 radical (unpaired) electrons. The summed E-state index contributed by atoms with van der Waals surface area (Å²) in [5.74, 6) is 3.96. The third kappa shape index (κ3) is 34.9. The predicted molar refractivity (Wildman–Crippen MR) is 177 cm³/mol. The molecule has 0 aromatic rings. The summed E-state index contributed by atoms with van der Waals surface area (Å²) in [7, 11) is 0. The van der Waals surface area contributed by atoms with Gasteiger partial charge in [0, 0.05) is 61.5 Å². The highest BCUT2D eigenvalue weighted by atomic mass is 32.2. The van der Waals surface area contributed by atoms with Crippen molar-refractivity contribution >= 4 is 113 Å². The number of hydrogen-bond donors (Lipinski definition) is 2. The molecule has 0 bridgehead atoms. The van der Waals surface area contributed by atoms with Crippen LogP contribution in [0.15, 0.2) is 9.98 Å². The van der Waals surface area contributed by atoms with Gasteiger partial charge in [0.1, 0.15) is 19.2 Å². The second-order valence-corrected chi connectivity index (χ2v) is 16.2. The molecule has 224 valence electrons. The minimum Gasteiger partial charge on any atom is -0.449 e. The molecule has 1 amide bonds. The number of carbonyl (C=O) groups excluding carboxylic acids is 1. The Labute approximate surface area is 260 Å². The number of amides is 1. The third-order valence-corrected chi connectivity index (χ3v) is 12.2. The highest BCUT2D eigenvalue weighted by molar-refractivity contribution is 8.23. The molecule has 0 aromatic carbocycles. The number of thioether (sulfide) groups is 8. The Morgan fingerprint density at radius 3 is 2.13 bits per heavy atom. The Kier molecular flexibility index (Phi) is 36.8. The van der Waals surface area contributed by atoms with Crippen LogP contribution in [0, 0.1) is 0 Å². The second kappa shape index (κ2) is 35.9. The molecule has 0 spiro atoms. The largest absolute Gasteiger partial charge is 0.449 e. The maximum atomic E-state index is 11.7. The van der Waals surface area contributed by atoms with Crippen LogP contribution < -0.4 is 5.32 Å². The maximum absolute atomic E-state index is 11.7. The van der Waals surface area contributed by atoms with Gasteiger partial charge in [0.2, 0.25) is 12.8 Å².